The quantitative estimate of drug-likeness (QED) is 0.474. The molecule has 0 aliphatic heterocycles. The van der Waals surface area contributed by atoms with Gasteiger partial charge in [0.05, 0.1) is 7.11 Å². The monoisotopic (exact) mass is 247 g/mol. The maximum atomic E-state index is 5.30. The van der Waals surface area contributed by atoms with Crippen LogP contribution in [0.2, 0.25) is 0 Å². The van der Waals surface area contributed by atoms with Crippen molar-refractivity contribution in [1.29, 1.82) is 0 Å². The molecule has 18 heavy (non-hydrogen) atoms. The molecule has 0 saturated carbocycles. The standard InChI is InChI=1S/C14H21N3O/c1-5-8-16-14(15-3)17-10-12-7-6-11(2)13(9-12)18-4/h5-7,9H,1,8,10H2,2-4H3,(H2,15,16,17). The second kappa shape index (κ2) is 7.37. The fourth-order valence-electron chi connectivity index (χ4n) is 1.55. The summed E-state index contributed by atoms with van der Waals surface area (Å²) in [5.41, 5.74) is 2.29. The Morgan fingerprint density at radius 2 is 2.22 bits per heavy atom. The number of aliphatic imine (C=N–C) groups is 1. The number of nitrogens with zero attached hydrogens (tertiary/aromatic N) is 1. The van der Waals surface area contributed by atoms with E-state index in [1.165, 1.54) is 0 Å². The van der Waals surface area contributed by atoms with Crippen molar-refractivity contribution in [2.45, 2.75) is 13.5 Å². The number of nitrogens with one attached hydrogen (secondary N) is 2. The zero-order valence-corrected chi connectivity index (χ0v) is 11.3. The van der Waals surface area contributed by atoms with Gasteiger partial charge in [-0.3, -0.25) is 4.99 Å². The molecular formula is C14H21N3O. The van der Waals surface area contributed by atoms with Gasteiger partial charge in [0.2, 0.25) is 0 Å². The third kappa shape index (κ3) is 4.13. The van der Waals surface area contributed by atoms with Gasteiger partial charge in [-0.25, -0.2) is 0 Å². The molecule has 0 spiro atoms. The van der Waals surface area contributed by atoms with Crippen LogP contribution in [0, 0.1) is 6.92 Å². The number of benzene rings is 1. The Morgan fingerprint density at radius 3 is 2.83 bits per heavy atom. The number of rotatable bonds is 5. The Hall–Kier alpha value is -1.97. The van der Waals surface area contributed by atoms with Gasteiger partial charge in [0.15, 0.2) is 5.96 Å². The lowest BCUT2D eigenvalue weighted by atomic mass is 10.1. The Bertz CT molecular complexity index is 427. The number of hydrogen-bond donors (Lipinski definition) is 2. The maximum absolute atomic E-state index is 5.30. The highest BCUT2D eigenvalue weighted by molar-refractivity contribution is 5.79. The van der Waals surface area contributed by atoms with E-state index in [4.69, 9.17) is 4.74 Å². The summed E-state index contributed by atoms with van der Waals surface area (Å²) in [7, 11) is 3.43. The van der Waals surface area contributed by atoms with E-state index in [9.17, 15) is 0 Å². The second-order valence-electron chi connectivity index (χ2n) is 3.90. The largest absolute Gasteiger partial charge is 0.496 e. The lowest BCUT2D eigenvalue weighted by Gasteiger charge is -2.12. The molecule has 0 fully saturated rings. The molecule has 0 radical (unpaired) electrons. The van der Waals surface area contributed by atoms with Crippen molar-refractivity contribution in [2.75, 3.05) is 20.7 Å². The van der Waals surface area contributed by atoms with Gasteiger partial charge < -0.3 is 15.4 Å². The molecule has 0 aromatic heterocycles. The summed E-state index contributed by atoms with van der Waals surface area (Å²) in [5.74, 6) is 1.66. The molecule has 0 unspecified atom stereocenters. The molecule has 0 atom stereocenters. The maximum Gasteiger partial charge on any atom is 0.191 e. The average Bonchev–Trinajstić information content (AvgIpc) is 2.40. The minimum absolute atomic E-state index is 0.691. The highest BCUT2D eigenvalue weighted by atomic mass is 16.5. The van der Waals surface area contributed by atoms with E-state index in [2.05, 4.69) is 34.3 Å². The molecule has 0 aliphatic rings. The van der Waals surface area contributed by atoms with Gasteiger partial charge in [-0.05, 0) is 24.1 Å². The van der Waals surface area contributed by atoms with Crippen LogP contribution in [0.15, 0.2) is 35.8 Å². The fraction of sp³-hybridized carbons (Fsp3) is 0.357. The molecule has 1 aromatic rings. The number of aryl methyl sites for hydroxylation is 1. The van der Waals surface area contributed by atoms with Gasteiger partial charge in [-0.1, -0.05) is 18.2 Å². The van der Waals surface area contributed by atoms with E-state index in [1.54, 1.807) is 20.2 Å². The van der Waals surface area contributed by atoms with Crippen LogP contribution in [-0.2, 0) is 6.54 Å². The Kier molecular flexibility index (Phi) is 5.77. The van der Waals surface area contributed by atoms with Crippen molar-refractivity contribution in [2.24, 2.45) is 4.99 Å². The van der Waals surface area contributed by atoms with Gasteiger partial charge in [-0.2, -0.15) is 0 Å². The van der Waals surface area contributed by atoms with Crippen molar-refractivity contribution in [3.63, 3.8) is 0 Å². The zero-order valence-electron chi connectivity index (χ0n) is 11.3. The lowest BCUT2D eigenvalue weighted by molar-refractivity contribution is 0.411. The Labute approximate surface area is 109 Å². The Balaban J connectivity index is 2.59. The molecule has 1 rings (SSSR count). The summed E-state index contributed by atoms with van der Waals surface area (Å²) in [5, 5.41) is 6.35. The topological polar surface area (TPSA) is 45.7 Å². The van der Waals surface area contributed by atoms with Crippen LogP contribution in [0.4, 0.5) is 0 Å². The minimum atomic E-state index is 0.691. The average molecular weight is 247 g/mol. The molecule has 4 nitrogen and oxygen atoms in total. The van der Waals surface area contributed by atoms with Gasteiger partial charge in [0.1, 0.15) is 5.75 Å². The van der Waals surface area contributed by atoms with Crippen LogP contribution in [-0.4, -0.2) is 26.7 Å². The summed E-state index contributed by atoms with van der Waals surface area (Å²) in [4.78, 5) is 4.12. The van der Waals surface area contributed by atoms with E-state index < -0.39 is 0 Å². The molecule has 4 heteroatoms. The fourth-order valence-corrected chi connectivity index (χ4v) is 1.55. The molecule has 98 valence electrons. The zero-order chi connectivity index (χ0) is 13.4. The number of methoxy groups -OCH3 is 1. The first-order chi connectivity index (χ1) is 8.71. The predicted molar refractivity (Wildman–Crippen MR) is 76.1 cm³/mol. The van der Waals surface area contributed by atoms with Crippen LogP contribution in [0.5, 0.6) is 5.75 Å². The highest BCUT2D eigenvalue weighted by Gasteiger charge is 2.01. The van der Waals surface area contributed by atoms with Gasteiger partial charge in [-0.15, -0.1) is 6.58 Å². The van der Waals surface area contributed by atoms with E-state index in [0.29, 0.717) is 13.1 Å². The molecule has 0 amide bonds. The van der Waals surface area contributed by atoms with E-state index in [1.807, 2.05) is 13.0 Å². The summed E-state index contributed by atoms with van der Waals surface area (Å²) in [6.07, 6.45) is 1.79. The molecule has 1 aromatic carbocycles. The first-order valence-electron chi connectivity index (χ1n) is 5.90. The minimum Gasteiger partial charge on any atom is -0.496 e. The first-order valence-corrected chi connectivity index (χ1v) is 5.90. The van der Waals surface area contributed by atoms with E-state index in [-0.39, 0.29) is 0 Å². The molecule has 0 heterocycles. The molecule has 2 N–H and O–H groups in total. The van der Waals surface area contributed by atoms with Crippen molar-refractivity contribution in [1.82, 2.24) is 10.6 Å². The normalized spacial score (nSPS) is 10.9. The van der Waals surface area contributed by atoms with Crippen LogP contribution >= 0.6 is 0 Å². The second-order valence-corrected chi connectivity index (χ2v) is 3.90. The SMILES string of the molecule is C=CCNC(=NC)NCc1ccc(C)c(OC)c1. The molecule has 0 aliphatic carbocycles. The number of guanidine groups is 1. The molecule has 0 saturated heterocycles. The number of hydrogen-bond acceptors (Lipinski definition) is 2. The van der Waals surface area contributed by atoms with Crippen molar-refractivity contribution < 1.29 is 4.74 Å². The van der Waals surface area contributed by atoms with Gasteiger partial charge in [0.25, 0.3) is 0 Å². The summed E-state index contributed by atoms with van der Waals surface area (Å²) < 4.78 is 5.30. The van der Waals surface area contributed by atoms with Gasteiger partial charge >= 0.3 is 0 Å². The third-order valence-corrected chi connectivity index (χ3v) is 2.57. The smallest absolute Gasteiger partial charge is 0.191 e. The van der Waals surface area contributed by atoms with Crippen LogP contribution < -0.4 is 15.4 Å². The summed E-state index contributed by atoms with van der Waals surface area (Å²) in [6.45, 7) is 7.08. The molecular weight excluding hydrogens is 226 g/mol. The van der Waals surface area contributed by atoms with E-state index >= 15 is 0 Å². The van der Waals surface area contributed by atoms with Crippen LogP contribution in [0.1, 0.15) is 11.1 Å². The first kappa shape index (κ1) is 14.1. The third-order valence-electron chi connectivity index (χ3n) is 2.57. The summed E-state index contributed by atoms with van der Waals surface area (Å²) >= 11 is 0. The van der Waals surface area contributed by atoms with E-state index in [0.717, 1.165) is 22.8 Å². The Morgan fingerprint density at radius 1 is 1.44 bits per heavy atom. The highest BCUT2D eigenvalue weighted by Crippen LogP contribution is 2.18. The summed E-state index contributed by atoms with van der Waals surface area (Å²) in [6, 6.07) is 6.16. The molecule has 0 bridgehead atoms. The van der Waals surface area contributed by atoms with Crippen molar-refractivity contribution in [3.05, 3.63) is 42.0 Å². The van der Waals surface area contributed by atoms with Crippen LogP contribution in [0.25, 0.3) is 0 Å². The van der Waals surface area contributed by atoms with Crippen molar-refractivity contribution in [3.8, 4) is 5.75 Å². The lowest BCUT2D eigenvalue weighted by Crippen LogP contribution is -2.36. The van der Waals surface area contributed by atoms with Gasteiger partial charge in [0, 0.05) is 20.1 Å². The number of ether oxygens (including phenoxy) is 1. The predicted octanol–water partition coefficient (Wildman–Crippen LogP) is 1.85. The van der Waals surface area contributed by atoms with Crippen LogP contribution in [0.3, 0.4) is 0 Å². The van der Waals surface area contributed by atoms with Crippen molar-refractivity contribution >= 4 is 5.96 Å².